The van der Waals surface area contributed by atoms with Crippen molar-refractivity contribution < 1.29 is 18.8 Å². The highest BCUT2D eigenvalue weighted by molar-refractivity contribution is 5.86. The Bertz CT molecular complexity index is 762. The second-order valence-corrected chi connectivity index (χ2v) is 6.24. The van der Waals surface area contributed by atoms with Crippen molar-refractivity contribution in [3.8, 4) is 0 Å². The van der Waals surface area contributed by atoms with Crippen LogP contribution in [0.5, 0.6) is 0 Å². The number of nitrogens with one attached hydrogen (secondary N) is 1. The van der Waals surface area contributed by atoms with Crippen molar-refractivity contribution >= 4 is 11.8 Å². The van der Waals surface area contributed by atoms with Crippen molar-refractivity contribution in [2.24, 2.45) is 0 Å². The van der Waals surface area contributed by atoms with E-state index in [0.717, 1.165) is 12.0 Å². The second-order valence-electron chi connectivity index (χ2n) is 6.24. The van der Waals surface area contributed by atoms with Crippen LogP contribution < -0.4 is 5.32 Å². The Morgan fingerprint density at radius 1 is 1.35 bits per heavy atom. The predicted molar refractivity (Wildman–Crippen MR) is 91.8 cm³/mol. The third-order valence-corrected chi connectivity index (χ3v) is 4.14. The molecule has 0 saturated carbocycles. The topological polar surface area (TPSA) is 97.6 Å². The van der Waals surface area contributed by atoms with Crippen molar-refractivity contribution in [3.05, 3.63) is 47.6 Å². The minimum absolute atomic E-state index is 0.142. The Kier molecular flexibility index (Phi) is 5.62. The van der Waals surface area contributed by atoms with Crippen LogP contribution in [-0.4, -0.2) is 46.6 Å². The average molecular weight is 358 g/mol. The van der Waals surface area contributed by atoms with Gasteiger partial charge in [-0.15, -0.1) is 0 Å². The summed E-state index contributed by atoms with van der Waals surface area (Å²) >= 11 is 0. The number of hydrogen-bond donors (Lipinski definition) is 1. The molecular formula is C18H22N4O4. The number of ether oxygens (including phenoxy) is 1. The zero-order chi connectivity index (χ0) is 18.5. The number of likely N-dealkylation sites (N-methyl/N-ethyl adjacent to an activating group) is 1. The van der Waals surface area contributed by atoms with Crippen molar-refractivity contribution in [1.82, 2.24) is 20.4 Å². The molecule has 1 fully saturated rings. The molecule has 138 valence electrons. The zero-order valence-electron chi connectivity index (χ0n) is 14.8. The lowest BCUT2D eigenvalue weighted by molar-refractivity contribution is -0.154. The van der Waals surface area contributed by atoms with E-state index in [1.165, 1.54) is 4.90 Å². The maximum atomic E-state index is 12.9. The molecule has 2 aromatic rings. The van der Waals surface area contributed by atoms with Gasteiger partial charge in [0, 0.05) is 13.5 Å². The number of aryl methyl sites for hydroxylation is 1. The molecule has 8 heteroatoms. The Morgan fingerprint density at radius 2 is 2.12 bits per heavy atom. The number of nitrogens with zero attached hydrogens (tertiary/aromatic N) is 3. The number of morpholine rings is 1. The third-order valence-electron chi connectivity index (χ3n) is 4.14. The van der Waals surface area contributed by atoms with Crippen LogP contribution in [0.3, 0.4) is 0 Å². The maximum absolute atomic E-state index is 12.9. The van der Waals surface area contributed by atoms with Gasteiger partial charge in [0.25, 0.3) is 5.91 Å². The summed E-state index contributed by atoms with van der Waals surface area (Å²) in [5.74, 6) is 0.515. The first-order chi connectivity index (χ1) is 12.6. The van der Waals surface area contributed by atoms with Crippen molar-refractivity contribution in [2.45, 2.75) is 38.5 Å². The summed E-state index contributed by atoms with van der Waals surface area (Å²) in [4.78, 5) is 30.4. The van der Waals surface area contributed by atoms with Gasteiger partial charge < -0.3 is 19.5 Å². The maximum Gasteiger partial charge on any atom is 0.254 e. The SMILES string of the molecule is CCCc1nc(CN(C)C(=O)[C@H]2OCC(=O)N[C@@H]2c2ccccc2)no1. The molecule has 26 heavy (non-hydrogen) atoms. The Balaban J connectivity index is 1.72. The smallest absolute Gasteiger partial charge is 0.254 e. The number of carbonyl (C=O) groups excluding carboxylic acids is 2. The molecule has 0 spiro atoms. The first-order valence-electron chi connectivity index (χ1n) is 8.61. The highest BCUT2D eigenvalue weighted by Crippen LogP contribution is 2.24. The van der Waals surface area contributed by atoms with E-state index in [-0.39, 0.29) is 25.0 Å². The number of rotatable bonds is 6. The van der Waals surface area contributed by atoms with E-state index in [1.807, 2.05) is 37.3 Å². The van der Waals surface area contributed by atoms with Gasteiger partial charge in [-0.25, -0.2) is 0 Å². The lowest BCUT2D eigenvalue weighted by Crippen LogP contribution is -2.52. The van der Waals surface area contributed by atoms with Crippen molar-refractivity contribution in [3.63, 3.8) is 0 Å². The number of hydrogen-bond acceptors (Lipinski definition) is 6. The first kappa shape index (κ1) is 18.1. The summed E-state index contributed by atoms with van der Waals surface area (Å²) in [6.45, 7) is 2.09. The normalized spacial score (nSPS) is 19.8. The molecule has 2 heterocycles. The van der Waals surface area contributed by atoms with Crippen LogP contribution in [0.15, 0.2) is 34.9 Å². The number of carbonyl (C=O) groups is 2. The van der Waals surface area contributed by atoms with E-state index in [9.17, 15) is 9.59 Å². The molecule has 1 saturated heterocycles. The van der Waals surface area contributed by atoms with E-state index in [1.54, 1.807) is 7.05 Å². The Labute approximate surface area is 151 Å². The third kappa shape index (κ3) is 4.08. The van der Waals surface area contributed by atoms with Crippen LogP contribution in [-0.2, 0) is 27.3 Å². The summed E-state index contributed by atoms with van der Waals surface area (Å²) in [6, 6.07) is 8.77. The largest absolute Gasteiger partial charge is 0.356 e. The first-order valence-corrected chi connectivity index (χ1v) is 8.61. The average Bonchev–Trinajstić information content (AvgIpc) is 3.09. The van der Waals surface area contributed by atoms with E-state index in [0.29, 0.717) is 18.1 Å². The molecule has 1 aromatic heterocycles. The minimum Gasteiger partial charge on any atom is -0.356 e. The van der Waals surface area contributed by atoms with Gasteiger partial charge in [-0.3, -0.25) is 9.59 Å². The fourth-order valence-corrected chi connectivity index (χ4v) is 2.86. The van der Waals surface area contributed by atoms with E-state index < -0.39 is 12.1 Å². The van der Waals surface area contributed by atoms with Crippen molar-refractivity contribution in [2.75, 3.05) is 13.7 Å². The molecule has 2 atom stereocenters. The van der Waals surface area contributed by atoms with Crippen LogP contribution in [0, 0.1) is 0 Å². The van der Waals surface area contributed by atoms with E-state index in [4.69, 9.17) is 9.26 Å². The molecule has 8 nitrogen and oxygen atoms in total. The Morgan fingerprint density at radius 3 is 2.85 bits per heavy atom. The van der Waals surface area contributed by atoms with Crippen LogP contribution >= 0.6 is 0 Å². The molecule has 1 aliphatic heterocycles. The van der Waals surface area contributed by atoms with Gasteiger partial charge in [0.2, 0.25) is 11.8 Å². The second kappa shape index (κ2) is 8.09. The van der Waals surface area contributed by atoms with Gasteiger partial charge in [-0.1, -0.05) is 42.4 Å². The molecule has 0 aliphatic carbocycles. The molecule has 2 amide bonds. The molecule has 0 bridgehead atoms. The summed E-state index contributed by atoms with van der Waals surface area (Å²) in [6.07, 6.45) is 0.811. The van der Waals surface area contributed by atoms with E-state index >= 15 is 0 Å². The number of aromatic nitrogens is 2. The molecule has 3 rings (SSSR count). The lowest BCUT2D eigenvalue weighted by atomic mass is 9.99. The fourth-order valence-electron chi connectivity index (χ4n) is 2.86. The fraction of sp³-hybridized carbons (Fsp3) is 0.444. The Hall–Kier alpha value is -2.74. The van der Waals surface area contributed by atoms with Gasteiger partial charge in [0.05, 0.1) is 12.6 Å². The molecule has 0 unspecified atom stereocenters. The molecule has 0 radical (unpaired) electrons. The zero-order valence-corrected chi connectivity index (χ0v) is 14.8. The highest BCUT2D eigenvalue weighted by atomic mass is 16.5. The van der Waals surface area contributed by atoms with E-state index in [2.05, 4.69) is 15.5 Å². The van der Waals surface area contributed by atoms with Gasteiger partial charge >= 0.3 is 0 Å². The monoisotopic (exact) mass is 358 g/mol. The lowest BCUT2D eigenvalue weighted by Gasteiger charge is -2.33. The van der Waals surface area contributed by atoms with Gasteiger partial charge in [-0.05, 0) is 12.0 Å². The predicted octanol–water partition coefficient (Wildman–Crippen LogP) is 1.24. The molecular weight excluding hydrogens is 336 g/mol. The van der Waals surface area contributed by atoms with Gasteiger partial charge in [0.15, 0.2) is 11.9 Å². The standard InChI is InChI=1S/C18H22N4O4/c1-3-7-15-19-13(21-26-15)10-22(2)18(24)17-16(20-14(23)11-25-17)12-8-5-4-6-9-12/h4-6,8-9,16-17H,3,7,10-11H2,1-2H3,(H,20,23)/t16-,17+/m1/s1. The molecule has 1 aromatic carbocycles. The van der Waals surface area contributed by atoms with Crippen LogP contribution in [0.1, 0.15) is 36.7 Å². The van der Waals surface area contributed by atoms with Crippen LogP contribution in [0.4, 0.5) is 0 Å². The van der Waals surface area contributed by atoms with Crippen molar-refractivity contribution in [1.29, 1.82) is 0 Å². The summed E-state index contributed by atoms with van der Waals surface area (Å²) in [7, 11) is 1.65. The van der Waals surface area contributed by atoms with Gasteiger partial charge in [0.1, 0.15) is 6.61 Å². The summed E-state index contributed by atoms with van der Waals surface area (Å²) in [5.41, 5.74) is 0.817. The highest BCUT2D eigenvalue weighted by Gasteiger charge is 2.37. The summed E-state index contributed by atoms with van der Waals surface area (Å²) in [5, 5.41) is 6.74. The van der Waals surface area contributed by atoms with Crippen LogP contribution in [0.2, 0.25) is 0 Å². The summed E-state index contributed by atoms with van der Waals surface area (Å²) < 4.78 is 10.7. The number of benzene rings is 1. The molecule has 1 N–H and O–H groups in total. The van der Waals surface area contributed by atoms with Gasteiger partial charge in [-0.2, -0.15) is 4.98 Å². The van der Waals surface area contributed by atoms with Crippen LogP contribution in [0.25, 0.3) is 0 Å². The minimum atomic E-state index is -0.804. The number of amides is 2. The quantitative estimate of drug-likeness (QED) is 0.834. The molecule has 1 aliphatic rings.